The van der Waals surface area contributed by atoms with Crippen LogP contribution in [0.3, 0.4) is 0 Å². The van der Waals surface area contributed by atoms with E-state index in [0.29, 0.717) is 6.10 Å². The van der Waals surface area contributed by atoms with E-state index in [9.17, 15) is 0 Å². The van der Waals surface area contributed by atoms with Crippen LogP contribution < -0.4 is 10.1 Å². The van der Waals surface area contributed by atoms with Crippen molar-refractivity contribution in [2.45, 2.75) is 32.4 Å². The molecule has 0 aromatic carbocycles. The largest absolute Gasteiger partial charge is 0.481 e. The number of nitrogens with one attached hydrogen (secondary N) is 1. The van der Waals surface area contributed by atoms with Crippen molar-refractivity contribution in [2.75, 3.05) is 20.3 Å². The van der Waals surface area contributed by atoms with Gasteiger partial charge in [-0.3, -0.25) is 0 Å². The van der Waals surface area contributed by atoms with Gasteiger partial charge in [-0.05, 0) is 19.8 Å². The van der Waals surface area contributed by atoms with Crippen molar-refractivity contribution in [3.63, 3.8) is 0 Å². The van der Waals surface area contributed by atoms with E-state index in [2.05, 4.69) is 10.4 Å². The standard InChI is InChI=1S/C12H21N3O2/c1-9-11(12(16-3)15(2)14-9)8-13-7-10-5-4-6-17-10/h10,13H,4-8H2,1-3H3. The molecule has 1 N–H and O–H groups in total. The Bertz CT molecular complexity index is 370. The van der Waals surface area contributed by atoms with Crippen LogP contribution in [0.15, 0.2) is 0 Å². The number of rotatable bonds is 5. The monoisotopic (exact) mass is 239 g/mol. The lowest BCUT2D eigenvalue weighted by Crippen LogP contribution is -2.26. The number of hydrogen-bond donors (Lipinski definition) is 1. The highest BCUT2D eigenvalue weighted by molar-refractivity contribution is 5.30. The van der Waals surface area contributed by atoms with Crippen LogP contribution in [0.5, 0.6) is 5.88 Å². The summed E-state index contributed by atoms with van der Waals surface area (Å²) in [5, 5.41) is 7.77. The number of nitrogens with zero attached hydrogens (tertiary/aromatic N) is 2. The predicted molar refractivity (Wildman–Crippen MR) is 65.2 cm³/mol. The fourth-order valence-electron chi connectivity index (χ4n) is 2.30. The summed E-state index contributed by atoms with van der Waals surface area (Å²) in [6, 6.07) is 0. The normalized spacial score (nSPS) is 19.8. The van der Waals surface area contributed by atoms with Crippen LogP contribution in [0.25, 0.3) is 0 Å². The Morgan fingerprint density at radius 3 is 3.06 bits per heavy atom. The van der Waals surface area contributed by atoms with Gasteiger partial charge in [-0.2, -0.15) is 5.10 Å². The molecule has 1 fully saturated rings. The maximum atomic E-state index is 5.57. The van der Waals surface area contributed by atoms with Crippen molar-refractivity contribution < 1.29 is 9.47 Å². The first-order chi connectivity index (χ1) is 8.22. The molecule has 17 heavy (non-hydrogen) atoms. The Hall–Kier alpha value is -1.07. The van der Waals surface area contributed by atoms with Crippen molar-refractivity contribution in [3.8, 4) is 5.88 Å². The third-order valence-corrected chi connectivity index (χ3v) is 3.18. The van der Waals surface area contributed by atoms with Gasteiger partial charge in [-0.15, -0.1) is 0 Å². The maximum absolute atomic E-state index is 5.57. The van der Waals surface area contributed by atoms with E-state index in [0.717, 1.165) is 43.3 Å². The first-order valence-corrected chi connectivity index (χ1v) is 6.11. The smallest absolute Gasteiger partial charge is 0.216 e. The van der Waals surface area contributed by atoms with E-state index >= 15 is 0 Å². The van der Waals surface area contributed by atoms with Gasteiger partial charge in [0.25, 0.3) is 0 Å². The molecule has 0 amide bonds. The predicted octanol–water partition coefficient (Wildman–Crippen LogP) is 1.01. The fraction of sp³-hybridized carbons (Fsp3) is 0.750. The van der Waals surface area contributed by atoms with Gasteiger partial charge in [0.2, 0.25) is 5.88 Å². The minimum Gasteiger partial charge on any atom is -0.481 e. The zero-order valence-corrected chi connectivity index (χ0v) is 10.8. The molecule has 0 aliphatic carbocycles. The molecule has 1 aliphatic heterocycles. The summed E-state index contributed by atoms with van der Waals surface area (Å²) in [4.78, 5) is 0. The number of aryl methyl sites for hydroxylation is 2. The molecule has 1 atom stereocenters. The van der Waals surface area contributed by atoms with Gasteiger partial charge in [0.05, 0.1) is 24.5 Å². The molecule has 96 valence electrons. The highest BCUT2D eigenvalue weighted by Gasteiger charge is 2.17. The number of hydrogen-bond acceptors (Lipinski definition) is 4. The first kappa shape index (κ1) is 12.4. The summed E-state index contributed by atoms with van der Waals surface area (Å²) in [7, 11) is 3.58. The van der Waals surface area contributed by atoms with E-state index in [1.165, 1.54) is 6.42 Å². The van der Waals surface area contributed by atoms with Crippen LogP contribution >= 0.6 is 0 Å². The maximum Gasteiger partial charge on any atom is 0.216 e. The molecule has 2 rings (SSSR count). The van der Waals surface area contributed by atoms with Crippen LogP contribution in [0, 0.1) is 6.92 Å². The topological polar surface area (TPSA) is 48.3 Å². The van der Waals surface area contributed by atoms with Crippen LogP contribution in [0.2, 0.25) is 0 Å². The highest BCUT2D eigenvalue weighted by atomic mass is 16.5. The molecular formula is C12H21N3O2. The molecule has 0 spiro atoms. The third kappa shape index (κ3) is 2.79. The average molecular weight is 239 g/mol. The van der Waals surface area contributed by atoms with Crippen molar-refractivity contribution >= 4 is 0 Å². The van der Waals surface area contributed by atoms with E-state index in [-0.39, 0.29) is 0 Å². The first-order valence-electron chi connectivity index (χ1n) is 6.11. The van der Waals surface area contributed by atoms with Gasteiger partial charge in [0, 0.05) is 26.7 Å². The minimum absolute atomic E-state index is 0.373. The van der Waals surface area contributed by atoms with Crippen molar-refractivity contribution in [1.82, 2.24) is 15.1 Å². The van der Waals surface area contributed by atoms with Gasteiger partial charge in [0.1, 0.15) is 0 Å². The lowest BCUT2D eigenvalue weighted by atomic mass is 10.2. The summed E-state index contributed by atoms with van der Waals surface area (Å²) >= 11 is 0. The molecule has 0 radical (unpaired) electrons. The van der Waals surface area contributed by atoms with Gasteiger partial charge in [-0.1, -0.05) is 0 Å². The van der Waals surface area contributed by atoms with E-state index in [4.69, 9.17) is 9.47 Å². The number of ether oxygens (including phenoxy) is 2. The molecule has 1 aromatic rings. The summed E-state index contributed by atoms with van der Waals surface area (Å²) in [5.74, 6) is 0.836. The zero-order valence-electron chi connectivity index (χ0n) is 10.8. The zero-order chi connectivity index (χ0) is 12.3. The molecular weight excluding hydrogens is 218 g/mol. The molecule has 5 nitrogen and oxygen atoms in total. The Kier molecular flexibility index (Phi) is 4.02. The molecule has 0 bridgehead atoms. The molecule has 1 aromatic heterocycles. The van der Waals surface area contributed by atoms with Crippen LogP contribution in [-0.2, 0) is 18.3 Å². The van der Waals surface area contributed by atoms with Gasteiger partial charge in [-0.25, -0.2) is 4.68 Å². The molecule has 0 saturated carbocycles. The number of methoxy groups -OCH3 is 1. The molecule has 5 heteroatoms. The molecule has 2 heterocycles. The van der Waals surface area contributed by atoms with Crippen molar-refractivity contribution in [2.24, 2.45) is 7.05 Å². The SMILES string of the molecule is COc1c(CNCC2CCCO2)c(C)nn1C. The van der Waals surface area contributed by atoms with Crippen LogP contribution in [-0.4, -0.2) is 36.1 Å². The number of aromatic nitrogens is 2. The summed E-state index contributed by atoms with van der Waals surface area (Å²) in [5.41, 5.74) is 2.15. The average Bonchev–Trinajstić information content (AvgIpc) is 2.88. The molecule has 1 saturated heterocycles. The quantitative estimate of drug-likeness (QED) is 0.833. The Balaban J connectivity index is 1.89. The minimum atomic E-state index is 0.373. The van der Waals surface area contributed by atoms with E-state index in [1.807, 2.05) is 14.0 Å². The summed E-state index contributed by atoms with van der Waals surface area (Å²) < 4.78 is 12.7. The van der Waals surface area contributed by atoms with Gasteiger partial charge >= 0.3 is 0 Å². The van der Waals surface area contributed by atoms with E-state index < -0.39 is 0 Å². The van der Waals surface area contributed by atoms with Crippen molar-refractivity contribution in [1.29, 1.82) is 0 Å². The lowest BCUT2D eigenvalue weighted by Gasteiger charge is -2.11. The summed E-state index contributed by atoms with van der Waals surface area (Å²) in [6.07, 6.45) is 2.72. The third-order valence-electron chi connectivity index (χ3n) is 3.18. The van der Waals surface area contributed by atoms with Gasteiger partial charge < -0.3 is 14.8 Å². The lowest BCUT2D eigenvalue weighted by molar-refractivity contribution is 0.110. The Labute approximate surface area is 102 Å². The summed E-state index contributed by atoms with van der Waals surface area (Å²) in [6.45, 7) is 4.59. The van der Waals surface area contributed by atoms with Gasteiger partial charge in [0.15, 0.2) is 0 Å². The second-order valence-corrected chi connectivity index (χ2v) is 4.46. The van der Waals surface area contributed by atoms with Crippen LogP contribution in [0.4, 0.5) is 0 Å². The molecule has 1 aliphatic rings. The highest BCUT2D eigenvalue weighted by Crippen LogP contribution is 2.20. The van der Waals surface area contributed by atoms with Crippen molar-refractivity contribution in [3.05, 3.63) is 11.3 Å². The Morgan fingerprint density at radius 2 is 2.41 bits per heavy atom. The molecule has 1 unspecified atom stereocenters. The fourth-order valence-corrected chi connectivity index (χ4v) is 2.30. The Morgan fingerprint density at radius 1 is 1.59 bits per heavy atom. The second-order valence-electron chi connectivity index (χ2n) is 4.46. The van der Waals surface area contributed by atoms with E-state index in [1.54, 1.807) is 11.8 Å². The van der Waals surface area contributed by atoms with Crippen LogP contribution in [0.1, 0.15) is 24.1 Å². The second kappa shape index (κ2) is 5.51.